The van der Waals surface area contributed by atoms with Crippen molar-refractivity contribution in [1.29, 1.82) is 0 Å². The van der Waals surface area contributed by atoms with Crippen molar-refractivity contribution < 1.29 is 9.53 Å². The SMILES string of the molecule is CCCOc1cccc(/C=N/NC(=O)CC23CC4CC(CC(C4)C2)C3)c1. The van der Waals surface area contributed by atoms with Crippen molar-refractivity contribution in [2.75, 3.05) is 6.61 Å². The summed E-state index contributed by atoms with van der Waals surface area (Å²) in [7, 11) is 0. The number of amides is 1. The molecule has 5 rings (SSSR count). The van der Waals surface area contributed by atoms with Gasteiger partial charge in [0, 0.05) is 6.42 Å². The molecule has 0 aromatic heterocycles. The summed E-state index contributed by atoms with van der Waals surface area (Å²) in [5.41, 5.74) is 3.96. The van der Waals surface area contributed by atoms with Crippen molar-refractivity contribution >= 4 is 12.1 Å². The largest absolute Gasteiger partial charge is 0.494 e. The van der Waals surface area contributed by atoms with Crippen molar-refractivity contribution in [2.24, 2.45) is 28.3 Å². The van der Waals surface area contributed by atoms with Gasteiger partial charge in [-0.3, -0.25) is 4.79 Å². The quantitative estimate of drug-likeness (QED) is 0.578. The number of ether oxygens (including phenoxy) is 1. The Morgan fingerprint density at radius 3 is 2.58 bits per heavy atom. The fourth-order valence-corrected chi connectivity index (χ4v) is 5.97. The Labute approximate surface area is 156 Å². The molecule has 0 aliphatic heterocycles. The lowest BCUT2D eigenvalue weighted by Gasteiger charge is -2.56. The highest BCUT2D eigenvalue weighted by molar-refractivity contribution is 5.83. The molecule has 0 spiro atoms. The molecule has 1 N–H and O–H groups in total. The van der Waals surface area contributed by atoms with Crippen LogP contribution in [0.1, 0.15) is 63.9 Å². The second kappa shape index (κ2) is 7.42. The van der Waals surface area contributed by atoms with E-state index in [2.05, 4.69) is 17.5 Å². The van der Waals surface area contributed by atoms with Crippen LogP contribution in [0.2, 0.25) is 0 Å². The van der Waals surface area contributed by atoms with Gasteiger partial charge in [0.1, 0.15) is 5.75 Å². The van der Waals surface area contributed by atoms with Crippen LogP contribution in [0.15, 0.2) is 29.4 Å². The number of rotatable bonds is 7. The maximum atomic E-state index is 12.5. The third-order valence-electron chi connectivity index (χ3n) is 6.43. The summed E-state index contributed by atoms with van der Waals surface area (Å²) >= 11 is 0. The smallest absolute Gasteiger partial charge is 0.240 e. The van der Waals surface area contributed by atoms with E-state index in [0.29, 0.717) is 13.0 Å². The lowest BCUT2D eigenvalue weighted by molar-refractivity contribution is -0.129. The molecule has 4 fully saturated rings. The van der Waals surface area contributed by atoms with Crippen molar-refractivity contribution in [3.05, 3.63) is 29.8 Å². The van der Waals surface area contributed by atoms with Crippen LogP contribution < -0.4 is 10.2 Å². The normalized spacial score (nSPS) is 32.1. The number of hydrogen-bond acceptors (Lipinski definition) is 3. The van der Waals surface area contributed by atoms with E-state index >= 15 is 0 Å². The zero-order chi connectivity index (χ0) is 18.0. The number of carbonyl (C=O) groups is 1. The van der Waals surface area contributed by atoms with Gasteiger partial charge in [-0.05, 0) is 85.8 Å². The molecule has 0 atom stereocenters. The minimum atomic E-state index is 0.0709. The van der Waals surface area contributed by atoms with Crippen LogP contribution in [0, 0.1) is 23.2 Å². The molecular formula is C22H30N2O2. The highest BCUT2D eigenvalue weighted by Gasteiger charge is 2.51. The van der Waals surface area contributed by atoms with E-state index in [9.17, 15) is 4.79 Å². The minimum absolute atomic E-state index is 0.0709. The third kappa shape index (κ3) is 3.94. The van der Waals surface area contributed by atoms with Crippen LogP contribution in [-0.4, -0.2) is 18.7 Å². The van der Waals surface area contributed by atoms with Gasteiger partial charge in [-0.15, -0.1) is 0 Å². The van der Waals surface area contributed by atoms with E-state index < -0.39 is 0 Å². The Morgan fingerprint density at radius 2 is 1.92 bits per heavy atom. The third-order valence-corrected chi connectivity index (χ3v) is 6.43. The van der Waals surface area contributed by atoms with Gasteiger partial charge in [0.2, 0.25) is 5.91 Å². The zero-order valence-electron chi connectivity index (χ0n) is 15.7. The van der Waals surface area contributed by atoms with Crippen LogP contribution in [0.3, 0.4) is 0 Å². The molecule has 0 radical (unpaired) electrons. The number of benzene rings is 1. The molecule has 1 aromatic rings. The van der Waals surface area contributed by atoms with E-state index in [1.54, 1.807) is 6.21 Å². The van der Waals surface area contributed by atoms with Crippen LogP contribution >= 0.6 is 0 Å². The zero-order valence-corrected chi connectivity index (χ0v) is 15.7. The van der Waals surface area contributed by atoms with Gasteiger partial charge in [-0.1, -0.05) is 19.1 Å². The monoisotopic (exact) mass is 354 g/mol. The molecule has 1 amide bonds. The fraction of sp³-hybridized carbons (Fsp3) is 0.636. The fourth-order valence-electron chi connectivity index (χ4n) is 5.97. The van der Waals surface area contributed by atoms with Crippen LogP contribution in [0.5, 0.6) is 5.75 Å². The molecule has 0 saturated heterocycles. The lowest BCUT2D eigenvalue weighted by atomic mass is 9.49. The minimum Gasteiger partial charge on any atom is -0.494 e. The van der Waals surface area contributed by atoms with E-state index in [1.165, 1.54) is 38.5 Å². The summed E-state index contributed by atoms with van der Waals surface area (Å²) in [6, 6.07) is 7.81. The molecule has 140 valence electrons. The summed E-state index contributed by atoms with van der Waals surface area (Å²) in [5, 5.41) is 4.18. The number of carbonyl (C=O) groups excluding carboxylic acids is 1. The standard InChI is InChI=1S/C22H30N2O2/c1-2-6-26-20-5-3-4-16(10-20)15-23-24-21(25)14-22-11-17-7-18(12-22)9-19(8-17)13-22/h3-5,10,15,17-19H,2,6-9,11-14H2,1H3,(H,24,25)/b23-15+. The average molecular weight is 354 g/mol. The summed E-state index contributed by atoms with van der Waals surface area (Å²) in [4.78, 5) is 12.5. The maximum Gasteiger partial charge on any atom is 0.240 e. The Balaban J connectivity index is 1.31. The van der Waals surface area contributed by atoms with Crippen molar-refractivity contribution in [3.63, 3.8) is 0 Å². The van der Waals surface area contributed by atoms with Crippen molar-refractivity contribution in [1.82, 2.24) is 5.43 Å². The van der Waals surface area contributed by atoms with Crippen LogP contribution in [-0.2, 0) is 4.79 Å². The lowest BCUT2D eigenvalue weighted by Crippen LogP contribution is -2.47. The first-order valence-corrected chi connectivity index (χ1v) is 10.2. The predicted molar refractivity (Wildman–Crippen MR) is 103 cm³/mol. The highest BCUT2D eigenvalue weighted by Crippen LogP contribution is 2.61. The predicted octanol–water partition coefficient (Wildman–Crippen LogP) is 4.53. The first kappa shape index (κ1) is 17.6. The number of hydrogen-bond donors (Lipinski definition) is 1. The van der Waals surface area contributed by atoms with Crippen molar-refractivity contribution in [2.45, 2.75) is 58.3 Å². The molecule has 4 bridgehead atoms. The van der Waals surface area contributed by atoms with E-state index in [1.807, 2.05) is 24.3 Å². The van der Waals surface area contributed by atoms with Gasteiger partial charge in [0.25, 0.3) is 0 Å². The number of nitrogens with zero attached hydrogens (tertiary/aromatic N) is 1. The first-order chi connectivity index (χ1) is 12.6. The molecule has 26 heavy (non-hydrogen) atoms. The van der Waals surface area contributed by atoms with Gasteiger partial charge >= 0.3 is 0 Å². The van der Waals surface area contributed by atoms with Crippen LogP contribution in [0.25, 0.3) is 0 Å². The Bertz CT molecular complexity index is 647. The molecule has 0 unspecified atom stereocenters. The number of nitrogens with one attached hydrogen (secondary N) is 1. The molecule has 4 aliphatic carbocycles. The molecular weight excluding hydrogens is 324 g/mol. The summed E-state index contributed by atoms with van der Waals surface area (Å²) < 4.78 is 5.63. The maximum absolute atomic E-state index is 12.5. The van der Waals surface area contributed by atoms with Crippen molar-refractivity contribution in [3.8, 4) is 5.75 Å². The molecule has 4 nitrogen and oxygen atoms in total. The second-order valence-electron chi connectivity index (χ2n) is 8.81. The van der Waals surface area contributed by atoms with Gasteiger partial charge in [0.05, 0.1) is 12.8 Å². The van der Waals surface area contributed by atoms with Gasteiger partial charge in [-0.25, -0.2) is 5.43 Å². The van der Waals surface area contributed by atoms with Gasteiger partial charge < -0.3 is 4.74 Å². The summed E-state index contributed by atoms with van der Waals surface area (Å²) in [6.07, 6.45) is 11.3. The molecule has 4 saturated carbocycles. The molecule has 0 heterocycles. The van der Waals surface area contributed by atoms with Gasteiger partial charge in [0.15, 0.2) is 0 Å². The molecule has 4 heteroatoms. The second-order valence-corrected chi connectivity index (χ2v) is 8.81. The summed E-state index contributed by atoms with van der Waals surface area (Å²) in [5.74, 6) is 3.55. The first-order valence-electron chi connectivity index (χ1n) is 10.2. The van der Waals surface area contributed by atoms with E-state index in [-0.39, 0.29) is 11.3 Å². The molecule has 4 aliphatic rings. The average Bonchev–Trinajstić information content (AvgIpc) is 2.58. The van der Waals surface area contributed by atoms with Gasteiger partial charge in [-0.2, -0.15) is 5.10 Å². The van der Waals surface area contributed by atoms with E-state index in [4.69, 9.17) is 4.74 Å². The number of hydrazone groups is 1. The van der Waals surface area contributed by atoms with Crippen LogP contribution in [0.4, 0.5) is 0 Å². The highest BCUT2D eigenvalue weighted by atomic mass is 16.5. The topological polar surface area (TPSA) is 50.7 Å². The Hall–Kier alpha value is -1.84. The van der Waals surface area contributed by atoms with E-state index in [0.717, 1.165) is 35.5 Å². The summed E-state index contributed by atoms with van der Waals surface area (Å²) in [6.45, 7) is 2.80. The molecule has 1 aromatic carbocycles. The Morgan fingerprint density at radius 1 is 1.23 bits per heavy atom. The Kier molecular flexibility index (Phi) is 5.01.